The van der Waals surface area contributed by atoms with Crippen molar-refractivity contribution >= 4 is 41.5 Å². The Balaban J connectivity index is 0.00000242. The molecule has 1 aromatic carbocycles. The Labute approximate surface area is 145 Å². The van der Waals surface area contributed by atoms with Crippen LogP contribution in [-0.4, -0.2) is 12.5 Å². The lowest BCUT2D eigenvalue weighted by molar-refractivity contribution is 0.0951. The zero-order valence-electron chi connectivity index (χ0n) is 11.9. The van der Waals surface area contributed by atoms with Gasteiger partial charge < -0.3 is 15.5 Å². The fourth-order valence-electron chi connectivity index (χ4n) is 2.04. The molecule has 1 heterocycles. The lowest BCUT2D eigenvalue weighted by Crippen LogP contribution is -2.27. The summed E-state index contributed by atoms with van der Waals surface area (Å²) in [5.41, 5.74) is 6.72. The average Bonchev–Trinajstić information content (AvgIpc) is 2.93. The van der Waals surface area contributed by atoms with E-state index < -0.39 is 0 Å². The third-order valence-electron chi connectivity index (χ3n) is 3.18. The summed E-state index contributed by atoms with van der Waals surface area (Å²) < 4.78 is 5.14. The first-order valence-electron chi connectivity index (χ1n) is 6.52. The van der Waals surface area contributed by atoms with E-state index in [0.717, 1.165) is 5.56 Å². The number of benzene rings is 1. The molecule has 0 saturated carbocycles. The summed E-state index contributed by atoms with van der Waals surface area (Å²) in [5.74, 6) is 0.354. The molecular weight excluding hydrogens is 347 g/mol. The molecule has 1 aromatic heterocycles. The second-order valence-electron chi connectivity index (χ2n) is 4.75. The van der Waals surface area contributed by atoms with Crippen LogP contribution in [0.1, 0.15) is 34.5 Å². The normalized spacial score (nSPS) is 11.6. The third-order valence-corrected chi connectivity index (χ3v) is 3.84. The number of nitrogens with one attached hydrogen (secondary N) is 1. The third kappa shape index (κ3) is 4.40. The van der Waals surface area contributed by atoms with Gasteiger partial charge in [-0.05, 0) is 23.8 Å². The molecule has 1 unspecified atom stereocenters. The van der Waals surface area contributed by atoms with Crippen LogP contribution in [0.5, 0.6) is 0 Å². The van der Waals surface area contributed by atoms with Crippen molar-refractivity contribution in [1.82, 2.24) is 5.32 Å². The van der Waals surface area contributed by atoms with Crippen molar-refractivity contribution in [3.05, 3.63) is 57.5 Å². The minimum absolute atomic E-state index is 0. The van der Waals surface area contributed by atoms with Crippen molar-refractivity contribution < 1.29 is 9.21 Å². The van der Waals surface area contributed by atoms with Gasteiger partial charge in [0.05, 0.1) is 12.1 Å². The number of carbonyl (C=O) groups excluding carboxylic acids is 1. The van der Waals surface area contributed by atoms with E-state index in [1.807, 2.05) is 6.92 Å². The van der Waals surface area contributed by atoms with Gasteiger partial charge in [0.15, 0.2) is 0 Å². The van der Waals surface area contributed by atoms with E-state index >= 15 is 0 Å². The molecule has 0 saturated heterocycles. The van der Waals surface area contributed by atoms with Crippen LogP contribution in [0, 0.1) is 0 Å². The molecule has 0 aliphatic rings. The summed E-state index contributed by atoms with van der Waals surface area (Å²) in [5, 5.41) is 4.02. The maximum absolute atomic E-state index is 12.0. The summed E-state index contributed by atoms with van der Waals surface area (Å²) in [4.78, 5) is 12.0. The zero-order valence-corrected chi connectivity index (χ0v) is 14.3. The highest BCUT2D eigenvalue weighted by molar-refractivity contribution is 6.36. The molecule has 0 aliphatic heterocycles. The van der Waals surface area contributed by atoms with Crippen LogP contribution >= 0.6 is 35.6 Å². The maximum atomic E-state index is 12.0. The zero-order chi connectivity index (χ0) is 15.4. The number of carbonyl (C=O) groups is 1. The highest BCUT2D eigenvalue weighted by Crippen LogP contribution is 2.30. The van der Waals surface area contributed by atoms with Crippen LogP contribution in [0.4, 0.5) is 0 Å². The lowest BCUT2D eigenvalue weighted by Gasteiger charge is -2.15. The van der Waals surface area contributed by atoms with Gasteiger partial charge in [-0.1, -0.05) is 36.2 Å². The quantitative estimate of drug-likeness (QED) is 0.843. The van der Waals surface area contributed by atoms with Gasteiger partial charge in [0.25, 0.3) is 5.91 Å². The van der Waals surface area contributed by atoms with E-state index in [4.69, 9.17) is 33.4 Å². The molecule has 1 atom stereocenters. The number of hydrogen-bond acceptors (Lipinski definition) is 3. The minimum Gasteiger partial charge on any atom is -0.467 e. The number of furan rings is 1. The summed E-state index contributed by atoms with van der Waals surface area (Å²) in [6.07, 6.45) is 1.39. The molecule has 0 radical (unpaired) electrons. The molecule has 120 valence electrons. The molecule has 0 aliphatic carbocycles. The first kappa shape index (κ1) is 18.8. The predicted octanol–water partition coefficient (Wildman–Crippen LogP) is 4.00. The first-order valence-corrected chi connectivity index (χ1v) is 7.28. The standard InChI is InChI=1S/C15H16Cl2N2O2.ClH/c1-9(14-12(16)3-2-4-13(14)17)7-19-15(20)10-5-11(6-18)21-8-10;/h2-5,8-9H,6-7,18H2,1H3,(H,19,20);1H. The van der Waals surface area contributed by atoms with Gasteiger partial charge in [-0.15, -0.1) is 12.4 Å². The second-order valence-corrected chi connectivity index (χ2v) is 5.57. The van der Waals surface area contributed by atoms with E-state index in [0.29, 0.717) is 27.9 Å². The summed E-state index contributed by atoms with van der Waals surface area (Å²) in [6.45, 7) is 2.64. The molecule has 1 amide bonds. The van der Waals surface area contributed by atoms with Crippen LogP contribution < -0.4 is 11.1 Å². The van der Waals surface area contributed by atoms with Gasteiger partial charge in [0.1, 0.15) is 12.0 Å². The van der Waals surface area contributed by atoms with Gasteiger partial charge in [-0.3, -0.25) is 4.79 Å². The first-order chi connectivity index (χ1) is 10.0. The van der Waals surface area contributed by atoms with E-state index in [1.54, 1.807) is 24.3 Å². The largest absolute Gasteiger partial charge is 0.467 e. The lowest BCUT2D eigenvalue weighted by atomic mass is 10.0. The molecule has 4 nitrogen and oxygen atoms in total. The molecule has 7 heteroatoms. The average molecular weight is 364 g/mol. The van der Waals surface area contributed by atoms with Crippen molar-refractivity contribution in [2.24, 2.45) is 5.73 Å². The number of halogens is 3. The Bertz CT molecular complexity index is 623. The van der Waals surface area contributed by atoms with Gasteiger partial charge in [0, 0.05) is 22.5 Å². The number of rotatable bonds is 5. The highest BCUT2D eigenvalue weighted by atomic mass is 35.5. The summed E-state index contributed by atoms with van der Waals surface area (Å²) >= 11 is 12.3. The molecule has 2 aromatic rings. The molecule has 2 rings (SSSR count). The Hall–Kier alpha value is -1.20. The van der Waals surface area contributed by atoms with Crippen LogP contribution in [0.25, 0.3) is 0 Å². The van der Waals surface area contributed by atoms with Crippen LogP contribution in [-0.2, 0) is 6.54 Å². The van der Waals surface area contributed by atoms with E-state index in [9.17, 15) is 4.79 Å². The van der Waals surface area contributed by atoms with Crippen molar-refractivity contribution in [2.75, 3.05) is 6.54 Å². The van der Waals surface area contributed by atoms with Crippen molar-refractivity contribution in [3.63, 3.8) is 0 Å². The minimum atomic E-state index is -0.214. The van der Waals surface area contributed by atoms with Crippen LogP contribution in [0.2, 0.25) is 10.0 Å². The fourth-order valence-corrected chi connectivity index (χ4v) is 2.81. The highest BCUT2D eigenvalue weighted by Gasteiger charge is 2.16. The molecule has 0 bridgehead atoms. The van der Waals surface area contributed by atoms with Crippen LogP contribution in [0.3, 0.4) is 0 Å². The van der Waals surface area contributed by atoms with E-state index in [2.05, 4.69) is 5.32 Å². The number of amides is 1. The second kappa shape index (κ2) is 8.44. The smallest absolute Gasteiger partial charge is 0.254 e. The monoisotopic (exact) mass is 362 g/mol. The van der Waals surface area contributed by atoms with Gasteiger partial charge >= 0.3 is 0 Å². The van der Waals surface area contributed by atoms with Gasteiger partial charge in [-0.25, -0.2) is 0 Å². The van der Waals surface area contributed by atoms with Crippen molar-refractivity contribution in [3.8, 4) is 0 Å². The molecule has 3 N–H and O–H groups in total. The predicted molar refractivity (Wildman–Crippen MR) is 91.1 cm³/mol. The molecular formula is C15H17Cl3N2O2. The topological polar surface area (TPSA) is 68.3 Å². The molecule has 0 fully saturated rings. The summed E-state index contributed by atoms with van der Waals surface area (Å²) in [6, 6.07) is 6.98. The fraction of sp³-hybridized carbons (Fsp3) is 0.267. The van der Waals surface area contributed by atoms with Gasteiger partial charge in [0.2, 0.25) is 0 Å². The number of hydrogen-bond donors (Lipinski definition) is 2. The SMILES string of the molecule is CC(CNC(=O)c1coc(CN)c1)c1c(Cl)cccc1Cl.Cl. The maximum Gasteiger partial charge on any atom is 0.254 e. The van der Waals surface area contributed by atoms with Crippen molar-refractivity contribution in [1.29, 1.82) is 0 Å². The van der Waals surface area contributed by atoms with Crippen LogP contribution in [0.15, 0.2) is 34.9 Å². The Morgan fingerprint density at radius 2 is 2.00 bits per heavy atom. The van der Waals surface area contributed by atoms with E-state index in [-0.39, 0.29) is 30.8 Å². The Morgan fingerprint density at radius 3 is 2.55 bits per heavy atom. The van der Waals surface area contributed by atoms with E-state index in [1.165, 1.54) is 6.26 Å². The molecule has 22 heavy (non-hydrogen) atoms. The van der Waals surface area contributed by atoms with Gasteiger partial charge in [-0.2, -0.15) is 0 Å². The van der Waals surface area contributed by atoms with Crippen molar-refractivity contribution in [2.45, 2.75) is 19.4 Å². The summed E-state index contributed by atoms with van der Waals surface area (Å²) in [7, 11) is 0. The Kier molecular flexibility index (Phi) is 7.23. The molecule has 0 spiro atoms. The Morgan fingerprint density at radius 1 is 1.36 bits per heavy atom. The number of nitrogens with two attached hydrogens (primary N) is 1.